The first-order valence-corrected chi connectivity index (χ1v) is 10.7. The van der Waals surface area contributed by atoms with Gasteiger partial charge in [0.2, 0.25) is 0 Å². The van der Waals surface area contributed by atoms with Crippen molar-refractivity contribution in [1.29, 1.82) is 0 Å². The van der Waals surface area contributed by atoms with Crippen LogP contribution in [0.3, 0.4) is 0 Å². The molecule has 0 aromatic heterocycles. The van der Waals surface area contributed by atoms with E-state index in [0.717, 1.165) is 32.9 Å². The number of amides is 4. The average Bonchev–Trinajstić information content (AvgIpc) is 2.75. The molecule has 0 unspecified atom stereocenters. The van der Waals surface area contributed by atoms with Crippen LogP contribution in [0.15, 0.2) is 54.1 Å². The van der Waals surface area contributed by atoms with E-state index in [-0.39, 0.29) is 11.1 Å². The van der Waals surface area contributed by atoms with Gasteiger partial charge in [-0.2, -0.15) is 0 Å². The number of likely N-dealkylation sites (N-methyl/N-ethyl adjacent to an activating group) is 1. The number of imide groups is 2. The molecular formula is C26H27N3O3. The molecule has 4 rings (SSSR count). The number of benzene rings is 2. The largest absolute Gasteiger partial charge is 0.366 e. The van der Waals surface area contributed by atoms with E-state index in [0.29, 0.717) is 12.1 Å². The van der Waals surface area contributed by atoms with Gasteiger partial charge in [-0.15, -0.1) is 0 Å². The Kier molecular flexibility index (Phi) is 5.25. The molecule has 32 heavy (non-hydrogen) atoms. The molecule has 0 radical (unpaired) electrons. The van der Waals surface area contributed by atoms with Gasteiger partial charge in [-0.05, 0) is 68.2 Å². The molecule has 2 aromatic rings. The highest BCUT2D eigenvalue weighted by molar-refractivity contribution is 6.39. The topological polar surface area (TPSA) is 69.7 Å². The number of hydrogen-bond donors (Lipinski definition) is 1. The van der Waals surface area contributed by atoms with Gasteiger partial charge in [0.1, 0.15) is 5.57 Å². The van der Waals surface area contributed by atoms with Gasteiger partial charge >= 0.3 is 6.03 Å². The molecule has 0 aliphatic carbocycles. The predicted octanol–water partition coefficient (Wildman–Crippen LogP) is 4.55. The van der Waals surface area contributed by atoms with Gasteiger partial charge in [-0.25, -0.2) is 9.69 Å². The molecule has 6 nitrogen and oxygen atoms in total. The van der Waals surface area contributed by atoms with Crippen LogP contribution in [-0.4, -0.2) is 30.4 Å². The molecule has 2 aliphatic rings. The predicted molar refractivity (Wildman–Crippen MR) is 127 cm³/mol. The quantitative estimate of drug-likeness (QED) is 0.574. The van der Waals surface area contributed by atoms with Crippen LogP contribution < -0.4 is 15.1 Å². The van der Waals surface area contributed by atoms with Crippen molar-refractivity contribution in [2.45, 2.75) is 39.7 Å². The highest BCUT2D eigenvalue weighted by atomic mass is 16.2. The Morgan fingerprint density at radius 1 is 1.03 bits per heavy atom. The van der Waals surface area contributed by atoms with Gasteiger partial charge in [-0.3, -0.25) is 14.9 Å². The summed E-state index contributed by atoms with van der Waals surface area (Å²) in [7, 11) is 2.05. The van der Waals surface area contributed by atoms with Crippen molar-refractivity contribution in [1.82, 2.24) is 5.32 Å². The number of fused-ring (bicyclic) bond motifs is 1. The van der Waals surface area contributed by atoms with Crippen LogP contribution in [0.5, 0.6) is 0 Å². The van der Waals surface area contributed by atoms with E-state index < -0.39 is 17.8 Å². The summed E-state index contributed by atoms with van der Waals surface area (Å²) in [6.07, 6.45) is 4.41. The van der Waals surface area contributed by atoms with Crippen molar-refractivity contribution in [3.63, 3.8) is 0 Å². The molecule has 6 heteroatoms. The van der Waals surface area contributed by atoms with E-state index in [1.807, 2.05) is 44.3 Å². The third-order valence-corrected chi connectivity index (χ3v) is 6.27. The van der Waals surface area contributed by atoms with Crippen molar-refractivity contribution in [2.24, 2.45) is 0 Å². The first-order chi connectivity index (χ1) is 15.1. The minimum Gasteiger partial charge on any atom is -0.366 e. The summed E-state index contributed by atoms with van der Waals surface area (Å²) in [5.41, 5.74) is 5.16. The Bertz CT molecular complexity index is 1210. The summed E-state index contributed by atoms with van der Waals surface area (Å²) < 4.78 is 0. The average molecular weight is 430 g/mol. The molecule has 1 saturated heterocycles. The summed E-state index contributed by atoms with van der Waals surface area (Å²) in [4.78, 5) is 41.6. The van der Waals surface area contributed by atoms with E-state index in [4.69, 9.17) is 0 Å². The van der Waals surface area contributed by atoms with E-state index in [9.17, 15) is 14.4 Å². The number of carbonyl (C=O) groups is 3. The van der Waals surface area contributed by atoms with Crippen molar-refractivity contribution in [2.75, 3.05) is 16.8 Å². The van der Waals surface area contributed by atoms with Crippen molar-refractivity contribution in [3.05, 3.63) is 70.8 Å². The number of urea groups is 1. The normalized spacial score (nSPS) is 19.1. The summed E-state index contributed by atoms with van der Waals surface area (Å²) in [6.45, 7) is 8.32. The molecule has 0 spiro atoms. The number of nitrogens with zero attached hydrogens (tertiary/aromatic N) is 2. The van der Waals surface area contributed by atoms with Crippen LogP contribution in [0.25, 0.3) is 11.6 Å². The number of aryl methyl sites for hydroxylation is 1. The fraction of sp³-hybridized carbons (Fsp3) is 0.269. The van der Waals surface area contributed by atoms with Crippen LogP contribution >= 0.6 is 0 Å². The summed E-state index contributed by atoms with van der Waals surface area (Å²) in [6, 6.07) is 12.3. The number of allylic oxidation sites excluding steroid dienone is 1. The summed E-state index contributed by atoms with van der Waals surface area (Å²) in [5, 5.41) is 2.31. The fourth-order valence-electron chi connectivity index (χ4n) is 4.34. The molecule has 2 aliphatic heterocycles. The highest BCUT2D eigenvalue weighted by Gasteiger charge is 2.37. The minimum absolute atomic E-state index is 0.0680. The molecule has 1 N–H and O–H groups in total. The van der Waals surface area contributed by atoms with Crippen molar-refractivity contribution >= 4 is 40.9 Å². The SMILES string of the molecule is CCc1ccccc1N1C(=O)NC(=O)/C(=C\c2ccc3c(c2)C(C)=CC(C)(C)N3C)C1=O. The van der Waals surface area contributed by atoms with E-state index in [2.05, 4.69) is 37.1 Å². The number of hydrogen-bond acceptors (Lipinski definition) is 4. The highest BCUT2D eigenvalue weighted by Crippen LogP contribution is 2.38. The van der Waals surface area contributed by atoms with Crippen LogP contribution in [0.1, 0.15) is 44.4 Å². The molecular weight excluding hydrogens is 402 g/mol. The van der Waals surface area contributed by atoms with E-state index >= 15 is 0 Å². The van der Waals surface area contributed by atoms with Gasteiger partial charge in [-0.1, -0.05) is 37.3 Å². The molecule has 1 fully saturated rings. The lowest BCUT2D eigenvalue weighted by atomic mass is 9.88. The standard InChI is InChI=1S/C26H27N3O3/c1-6-18-9-7-8-10-21(18)29-24(31)20(23(30)27-25(29)32)14-17-11-12-22-19(13-17)16(2)15-26(3,4)28(22)5/h7-15H,6H2,1-5H3,(H,27,30,32)/b20-14+. The second-order valence-electron chi connectivity index (χ2n) is 8.76. The second-order valence-corrected chi connectivity index (χ2v) is 8.76. The Morgan fingerprint density at radius 2 is 1.75 bits per heavy atom. The Labute approximate surface area is 188 Å². The monoisotopic (exact) mass is 429 g/mol. The first-order valence-electron chi connectivity index (χ1n) is 10.7. The van der Waals surface area contributed by atoms with Crippen LogP contribution in [0.4, 0.5) is 16.2 Å². The van der Waals surface area contributed by atoms with Crippen molar-refractivity contribution < 1.29 is 14.4 Å². The van der Waals surface area contributed by atoms with Crippen molar-refractivity contribution in [3.8, 4) is 0 Å². The number of anilines is 2. The molecule has 164 valence electrons. The van der Waals surface area contributed by atoms with Gasteiger partial charge in [0, 0.05) is 18.3 Å². The third-order valence-electron chi connectivity index (χ3n) is 6.27. The molecule has 0 saturated carbocycles. The fourth-order valence-corrected chi connectivity index (χ4v) is 4.34. The zero-order valence-electron chi connectivity index (χ0n) is 19.0. The van der Waals surface area contributed by atoms with Gasteiger partial charge in [0.25, 0.3) is 11.8 Å². The van der Waals surface area contributed by atoms with Gasteiger partial charge < -0.3 is 4.90 Å². The lowest BCUT2D eigenvalue weighted by molar-refractivity contribution is -0.122. The maximum Gasteiger partial charge on any atom is 0.335 e. The van der Waals surface area contributed by atoms with E-state index in [1.54, 1.807) is 18.2 Å². The third kappa shape index (κ3) is 3.51. The van der Waals surface area contributed by atoms with Gasteiger partial charge in [0.15, 0.2) is 0 Å². The van der Waals surface area contributed by atoms with E-state index in [1.165, 1.54) is 0 Å². The molecule has 0 atom stereocenters. The number of nitrogens with one attached hydrogen (secondary N) is 1. The Hall–Kier alpha value is -3.67. The maximum absolute atomic E-state index is 13.3. The smallest absolute Gasteiger partial charge is 0.335 e. The number of para-hydroxylation sites is 1. The Balaban J connectivity index is 1.76. The van der Waals surface area contributed by atoms with Crippen LogP contribution in [0, 0.1) is 0 Å². The van der Waals surface area contributed by atoms with Crippen LogP contribution in [-0.2, 0) is 16.0 Å². The summed E-state index contributed by atoms with van der Waals surface area (Å²) >= 11 is 0. The number of barbiturate groups is 1. The Morgan fingerprint density at radius 3 is 2.47 bits per heavy atom. The lowest BCUT2D eigenvalue weighted by Crippen LogP contribution is -2.54. The lowest BCUT2D eigenvalue weighted by Gasteiger charge is -2.40. The zero-order chi connectivity index (χ0) is 23.2. The molecule has 2 aromatic carbocycles. The zero-order valence-corrected chi connectivity index (χ0v) is 19.0. The second kappa shape index (κ2) is 7.79. The molecule has 2 heterocycles. The maximum atomic E-state index is 13.3. The van der Waals surface area contributed by atoms with Crippen LogP contribution in [0.2, 0.25) is 0 Å². The minimum atomic E-state index is -0.730. The number of carbonyl (C=O) groups excluding carboxylic acids is 3. The van der Waals surface area contributed by atoms with Gasteiger partial charge in [0.05, 0.1) is 11.2 Å². The molecule has 4 amide bonds. The summed E-state index contributed by atoms with van der Waals surface area (Å²) in [5.74, 6) is -1.31. The first kappa shape index (κ1) is 21.6. The molecule has 0 bridgehead atoms. The number of rotatable bonds is 3.